The van der Waals surface area contributed by atoms with Gasteiger partial charge in [0.15, 0.2) is 11.9 Å². The van der Waals surface area contributed by atoms with E-state index >= 15 is 0 Å². The van der Waals surface area contributed by atoms with Gasteiger partial charge in [-0.3, -0.25) is 4.79 Å². The standard InChI is InChI=1S/C30H50O12/c1-2-3-4-5-6-7-8-9-10-11-12-13-14-15-16-17-22(33)39-19-21-23(34)24(35)25(36)30(40-21)42-28-26(37)27(20(32)18-31)41-29(28)38/h9-10,20-21,23-25,27,30-32,34-37H,2-8,11-19H2,1H3/b10-9-/t20-,21+,23+,24-,25+,27+,30?/m0/s1. The van der Waals surface area contributed by atoms with Crippen molar-refractivity contribution in [2.45, 2.75) is 140 Å². The van der Waals surface area contributed by atoms with Gasteiger partial charge in [-0.1, -0.05) is 70.4 Å². The van der Waals surface area contributed by atoms with Crippen molar-refractivity contribution >= 4 is 11.9 Å². The second-order valence-corrected chi connectivity index (χ2v) is 10.9. The Balaban J connectivity index is 1.63. The normalized spacial score (nSPS) is 27.0. The second kappa shape index (κ2) is 19.9. The maximum absolute atomic E-state index is 12.2. The summed E-state index contributed by atoms with van der Waals surface area (Å²) in [5.74, 6) is -3.33. The van der Waals surface area contributed by atoms with Gasteiger partial charge in [-0.05, 0) is 32.1 Å². The molecular formula is C30H50O12. The Labute approximate surface area is 247 Å². The summed E-state index contributed by atoms with van der Waals surface area (Å²) in [6.45, 7) is 0.967. The molecule has 1 unspecified atom stereocenters. The fourth-order valence-electron chi connectivity index (χ4n) is 4.78. The van der Waals surface area contributed by atoms with E-state index < -0.39 is 79.6 Å². The number of rotatable bonds is 21. The van der Waals surface area contributed by atoms with Crippen LogP contribution in [0.3, 0.4) is 0 Å². The molecule has 242 valence electrons. The number of carbonyl (C=O) groups excluding carboxylic acids is 2. The van der Waals surface area contributed by atoms with Crippen LogP contribution in [0.1, 0.15) is 96.8 Å². The van der Waals surface area contributed by atoms with Crippen LogP contribution in [0.15, 0.2) is 23.7 Å². The van der Waals surface area contributed by atoms with Gasteiger partial charge >= 0.3 is 11.9 Å². The largest absolute Gasteiger partial charge is 0.505 e. The number of allylic oxidation sites excluding steroid dienone is 2. The molecule has 0 aromatic rings. The van der Waals surface area contributed by atoms with E-state index in [0.29, 0.717) is 6.42 Å². The summed E-state index contributed by atoms with van der Waals surface area (Å²) in [6, 6.07) is 0. The average molecular weight is 603 g/mol. The van der Waals surface area contributed by atoms with E-state index in [1.165, 1.54) is 38.5 Å². The van der Waals surface area contributed by atoms with Crippen LogP contribution in [0.2, 0.25) is 0 Å². The Hall–Kier alpha value is -2.22. The molecule has 0 aromatic carbocycles. The van der Waals surface area contributed by atoms with Gasteiger partial charge in [-0.25, -0.2) is 4.79 Å². The molecule has 2 aliphatic heterocycles. The Morgan fingerprint density at radius 3 is 2.12 bits per heavy atom. The van der Waals surface area contributed by atoms with Crippen molar-refractivity contribution in [3.05, 3.63) is 23.7 Å². The van der Waals surface area contributed by atoms with Crippen molar-refractivity contribution in [2.75, 3.05) is 13.2 Å². The number of esters is 2. The third-order valence-electron chi connectivity index (χ3n) is 7.41. The number of aliphatic hydroxyl groups is 6. The van der Waals surface area contributed by atoms with Crippen molar-refractivity contribution in [3.63, 3.8) is 0 Å². The maximum atomic E-state index is 12.2. The minimum atomic E-state index is -1.84. The smallest absolute Gasteiger partial charge is 0.378 e. The first-order valence-electron chi connectivity index (χ1n) is 15.3. The van der Waals surface area contributed by atoms with Crippen molar-refractivity contribution in [1.29, 1.82) is 0 Å². The second-order valence-electron chi connectivity index (χ2n) is 10.9. The van der Waals surface area contributed by atoms with Crippen molar-refractivity contribution in [1.82, 2.24) is 0 Å². The van der Waals surface area contributed by atoms with Crippen molar-refractivity contribution < 1.29 is 59.2 Å². The maximum Gasteiger partial charge on any atom is 0.378 e. The summed E-state index contributed by atoms with van der Waals surface area (Å²) in [4.78, 5) is 24.2. The molecule has 6 N–H and O–H groups in total. The van der Waals surface area contributed by atoms with Crippen LogP contribution in [0.5, 0.6) is 0 Å². The van der Waals surface area contributed by atoms with E-state index in [-0.39, 0.29) is 6.42 Å². The zero-order valence-electron chi connectivity index (χ0n) is 24.6. The molecule has 12 heteroatoms. The molecular weight excluding hydrogens is 552 g/mol. The van der Waals surface area contributed by atoms with Crippen LogP contribution in [0.4, 0.5) is 0 Å². The van der Waals surface area contributed by atoms with Crippen LogP contribution in [-0.4, -0.2) is 98.7 Å². The molecule has 7 atom stereocenters. The number of unbranched alkanes of at least 4 members (excludes halogenated alkanes) is 11. The molecule has 2 heterocycles. The highest BCUT2D eigenvalue weighted by atomic mass is 16.7. The highest BCUT2D eigenvalue weighted by molar-refractivity contribution is 5.89. The molecule has 1 fully saturated rings. The number of carbonyl (C=O) groups is 2. The van der Waals surface area contributed by atoms with Gasteiger partial charge in [0, 0.05) is 6.42 Å². The number of hydrogen-bond donors (Lipinski definition) is 6. The number of hydrogen-bond acceptors (Lipinski definition) is 12. The van der Waals surface area contributed by atoms with Crippen molar-refractivity contribution in [3.8, 4) is 0 Å². The number of ether oxygens (including phenoxy) is 4. The molecule has 12 nitrogen and oxygen atoms in total. The molecule has 42 heavy (non-hydrogen) atoms. The lowest BCUT2D eigenvalue weighted by Crippen LogP contribution is -2.59. The van der Waals surface area contributed by atoms with E-state index in [9.17, 15) is 35.1 Å². The van der Waals surface area contributed by atoms with E-state index in [4.69, 9.17) is 24.1 Å². The van der Waals surface area contributed by atoms with Gasteiger partial charge in [-0.15, -0.1) is 0 Å². The zero-order chi connectivity index (χ0) is 30.9. The fourth-order valence-corrected chi connectivity index (χ4v) is 4.78. The molecule has 0 spiro atoms. The SMILES string of the molecule is CCCCCCCC/C=C\CCCCCCCC(=O)OC[C@H]1OC(OC2=C(O)[C@@H]([C@@H](O)CO)OC2=O)[C@H](O)[C@@H](O)[C@@H]1O. The first-order chi connectivity index (χ1) is 20.2. The Kier molecular flexibility index (Phi) is 17.0. The van der Waals surface area contributed by atoms with Crippen LogP contribution >= 0.6 is 0 Å². The van der Waals surface area contributed by atoms with Crippen LogP contribution in [0.25, 0.3) is 0 Å². The third kappa shape index (κ3) is 11.8. The predicted octanol–water partition coefficient (Wildman–Crippen LogP) is 2.44. The molecule has 0 saturated carbocycles. The van der Waals surface area contributed by atoms with E-state index in [2.05, 4.69) is 19.1 Å². The lowest BCUT2D eigenvalue weighted by atomic mass is 9.99. The minimum Gasteiger partial charge on any atom is -0.505 e. The molecule has 0 amide bonds. The summed E-state index contributed by atoms with van der Waals surface area (Å²) in [6.07, 6.45) is 8.01. The highest BCUT2D eigenvalue weighted by Crippen LogP contribution is 2.30. The summed E-state index contributed by atoms with van der Waals surface area (Å²) in [5.41, 5.74) is 0. The summed E-state index contributed by atoms with van der Waals surface area (Å²) < 4.78 is 20.6. The molecule has 2 rings (SSSR count). The topological polar surface area (TPSA) is 192 Å². The predicted molar refractivity (Wildman–Crippen MR) is 151 cm³/mol. The molecule has 0 aliphatic carbocycles. The van der Waals surface area contributed by atoms with E-state index in [0.717, 1.165) is 38.5 Å². The number of aliphatic hydroxyl groups excluding tert-OH is 6. The number of cyclic esters (lactones) is 1. The first kappa shape index (κ1) is 36.0. The quantitative estimate of drug-likeness (QED) is 0.0640. The monoisotopic (exact) mass is 602 g/mol. The Morgan fingerprint density at radius 2 is 1.50 bits per heavy atom. The van der Waals surface area contributed by atoms with E-state index in [1.807, 2.05) is 0 Å². The summed E-state index contributed by atoms with van der Waals surface area (Å²) in [5, 5.41) is 59.6. The van der Waals surface area contributed by atoms with Crippen LogP contribution in [0, 0.1) is 0 Å². The highest BCUT2D eigenvalue weighted by Gasteiger charge is 2.48. The van der Waals surface area contributed by atoms with Gasteiger partial charge in [0.05, 0.1) is 6.61 Å². The van der Waals surface area contributed by atoms with Crippen molar-refractivity contribution in [2.24, 2.45) is 0 Å². The van der Waals surface area contributed by atoms with Crippen LogP contribution < -0.4 is 0 Å². The molecule has 0 radical (unpaired) electrons. The zero-order valence-corrected chi connectivity index (χ0v) is 24.6. The average Bonchev–Trinajstić information content (AvgIpc) is 3.26. The van der Waals surface area contributed by atoms with Crippen LogP contribution in [-0.2, 0) is 28.5 Å². The fraction of sp³-hybridized carbons (Fsp3) is 0.800. The molecule has 0 aromatic heterocycles. The van der Waals surface area contributed by atoms with Gasteiger partial charge < -0.3 is 49.6 Å². The Bertz CT molecular complexity index is 859. The van der Waals surface area contributed by atoms with Gasteiger partial charge in [0.25, 0.3) is 0 Å². The molecule has 1 saturated heterocycles. The van der Waals surface area contributed by atoms with Gasteiger partial charge in [-0.2, -0.15) is 0 Å². The third-order valence-corrected chi connectivity index (χ3v) is 7.41. The first-order valence-corrected chi connectivity index (χ1v) is 15.3. The van der Waals surface area contributed by atoms with Gasteiger partial charge in [0.2, 0.25) is 12.0 Å². The lowest BCUT2D eigenvalue weighted by molar-refractivity contribution is -0.292. The van der Waals surface area contributed by atoms with E-state index in [1.54, 1.807) is 0 Å². The summed E-state index contributed by atoms with van der Waals surface area (Å²) >= 11 is 0. The molecule has 2 aliphatic rings. The lowest BCUT2D eigenvalue weighted by Gasteiger charge is -2.39. The summed E-state index contributed by atoms with van der Waals surface area (Å²) in [7, 11) is 0. The van der Waals surface area contributed by atoms with Gasteiger partial charge in [0.1, 0.15) is 37.1 Å². The molecule has 0 bridgehead atoms. The Morgan fingerprint density at radius 1 is 0.905 bits per heavy atom. The minimum absolute atomic E-state index is 0.174.